The van der Waals surface area contributed by atoms with Gasteiger partial charge in [-0.05, 0) is 5.92 Å². The maximum atomic E-state index is 9.55. The number of anilines is 1. The van der Waals surface area contributed by atoms with E-state index in [0.717, 1.165) is 5.75 Å². The van der Waals surface area contributed by atoms with Crippen LogP contribution in [0.25, 0.3) is 11.2 Å². The third kappa shape index (κ3) is 1.96. The Balaban J connectivity index is 2.03. The molecule has 1 aliphatic heterocycles. The molecule has 3 heterocycles. The molecule has 19 heavy (non-hydrogen) atoms. The lowest BCUT2D eigenvalue weighted by atomic mass is 9.95. The van der Waals surface area contributed by atoms with Crippen LogP contribution in [0.15, 0.2) is 12.7 Å². The van der Waals surface area contributed by atoms with Crippen molar-refractivity contribution in [2.24, 2.45) is 11.8 Å². The first-order valence-electron chi connectivity index (χ1n) is 6.02. The van der Waals surface area contributed by atoms with E-state index in [1.807, 2.05) is 4.57 Å². The quantitative estimate of drug-likeness (QED) is 0.718. The molecule has 2 aromatic rings. The summed E-state index contributed by atoms with van der Waals surface area (Å²) in [6.45, 7) is 0.113. The van der Waals surface area contributed by atoms with Crippen LogP contribution < -0.4 is 5.73 Å². The summed E-state index contributed by atoms with van der Waals surface area (Å²) in [5, 5.41) is 18.9. The first-order chi connectivity index (χ1) is 9.26. The Morgan fingerprint density at radius 3 is 2.89 bits per heavy atom. The lowest BCUT2D eigenvalue weighted by molar-refractivity contribution is 0.128. The molecule has 102 valence electrons. The molecule has 7 nitrogen and oxygen atoms in total. The minimum absolute atomic E-state index is 0.0106. The van der Waals surface area contributed by atoms with Crippen LogP contribution in [0, 0.1) is 11.8 Å². The zero-order valence-electron chi connectivity index (χ0n) is 10.2. The zero-order chi connectivity index (χ0) is 13.4. The van der Waals surface area contributed by atoms with E-state index >= 15 is 0 Å². The summed E-state index contributed by atoms with van der Waals surface area (Å²) in [6, 6.07) is 0. The highest BCUT2D eigenvalue weighted by molar-refractivity contribution is 7.99. The molecule has 1 aliphatic rings. The number of nitrogen functional groups attached to an aromatic ring is 1. The standard InChI is InChI=1S/C11H15N5O2S/c12-9-8-10(14-4-13-9)16(5-15-8)11-7(2-18)6(1-17)3-19-11/h4-7,11,17-18H,1-3H2,(H2,12,13,14)/t6-,7+,11-/m0/s1. The molecule has 0 aromatic carbocycles. The molecular weight excluding hydrogens is 266 g/mol. The molecule has 2 aromatic heterocycles. The Morgan fingerprint density at radius 1 is 1.32 bits per heavy atom. The second-order valence-electron chi connectivity index (χ2n) is 4.60. The van der Waals surface area contributed by atoms with Gasteiger partial charge in [0.1, 0.15) is 11.8 Å². The molecule has 1 saturated heterocycles. The summed E-state index contributed by atoms with van der Waals surface area (Å²) in [5.74, 6) is 1.25. The van der Waals surface area contributed by atoms with Crippen molar-refractivity contribution >= 4 is 28.7 Å². The van der Waals surface area contributed by atoms with Crippen LogP contribution in [-0.2, 0) is 0 Å². The average Bonchev–Trinajstić information content (AvgIpc) is 3.01. The molecule has 0 aliphatic carbocycles. The second kappa shape index (κ2) is 4.95. The normalized spacial score (nSPS) is 27.2. The Hall–Kier alpha value is -1.38. The molecule has 8 heteroatoms. The van der Waals surface area contributed by atoms with Crippen molar-refractivity contribution in [3.8, 4) is 0 Å². The fourth-order valence-electron chi connectivity index (χ4n) is 2.47. The highest BCUT2D eigenvalue weighted by Crippen LogP contribution is 2.45. The van der Waals surface area contributed by atoms with Crippen LogP contribution in [0.3, 0.4) is 0 Å². The van der Waals surface area contributed by atoms with Crippen LogP contribution in [-0.4, -0.2) is 48.7 Å². The fraction of sp³-hybridized carbons (Fsp3) is 0.545. The van der Waals surface area contributed by atoms with Crippen molar-refractivity contribution in [1.82, 2.24) is 19.5 Å². The van der Waals surface area contributed by atoms with Gasteiger partial charge in [-0.2, -0.15) is 0 Å². The van der Waals surface area contributed by atoms with E-state index in [1.54, 1.807) is 18.1 Å². The Labute approximate surface area is 113 Å². The van der Waals surface area contributed by atoms with E-state index in [2.05, 4.69) is 15.0 Å². The number of imidazole rings is 1. The van der Waals surface area contributed by atoms with Crippen LogP contribution in [0.5, 0.6) is 0 Å². The minimum Gasteiger partial charge on any atom is -0.396 e. The summed E-state index contributed by atoms with van der Waals surface area (Å²) in [5.41, 5.74) is 7.01. The summed E-state index contributed by atoms with van der Waals surface area (Å²) in [6.07, 6.45) is 3.09. The number of aromatic nitrogens is 4. The summed E-state index contributed by atoms with van der Waals surface area (Å²) >= 11 is 1.69. The molecule has 1 fully saturated rings. The molecule has 0 bridgehead atoms. The molecule has 3 rings (SSSR count). The summed E-state index contributed by atoms with van der Waals surface area (Å²) in [4.78, 5) is 12.4. The zero-order valence-corrected chi connectivity index (χ0v) is 11.0. The largest absolute Gasteiger partial charge is 0.396 e. The average molecular weight is 281 g/mol. The van der Waals surface area contributed by atoms with Crippen molar-refractivity contribution < 1.29 is 10.2 Å². The van der Waals surface area contributed by atoms with Crippen LogP contribution >= 0.6 is 11.8 Å². The van der Waals surface area contributed by atoms with E-state index in [-0.39, 0.29) is 30.4 Å². The van der Waals surface area contributed by atoms with E-state index in [4.69, 9.17) is 5.73 Å². The lowest BCUT2D eigenvalue weighted by Gasteiger charge is -2.21. The Bertz CT molecular complexity index is 589. The van der Waals surface area contributed by atoms with Gasteiger partial charge in [0.25, 0.3) is 0 Å². The van der Waals surface area contributed by atoms with Crippen molar-refractivity contribution in [2.45, 2.75) is 5.37 Å². The van der Waals surface area contributed by atoms with Gasteiger partial charge in [-0.3, -0.25) is 0 Å². The van der Waals surface area contributed by atoms with Crippen molar-refractivity contribution in [2.75, 3.05) is 24.7 Å². The number of fused-ring (bicyclic) bond motifs is 1. The number of thioether (sulfide) groups is 1. The maximum absolute atomic E-state index is 9.55. The van der Waals surface area contributed by atoms with E-state index in [1.165, 1.54) is 6.33 Å². The first kappa shape index (κ1) is 12.6. The second-order valence-corrected chi connectivity index (χ2v) is 5.75. The number of hydrogen-bond acceptors (Lipinski definition) is 7. The smallest absolute Gasteiger partial charge is 0.166 e. The third-order valence-electron chi connectivity index (χ3n) is 3.56. The van der Waals surface area contributed by atoms with E-state index in [9.17, 15) is 10.2 Å². The van der Waals surface area contributed by atoms with Gasteiger partial charge in [0.05, 0.1) is 11.7 Å². The summed E-state index contributed by atoms with van der Waals surface area (Å²) in [7, 11) is 0. The van der Waals surface area contributed by atoms with Crippen LogP contribution in [0.1, 0.15) is 5.37 Å². The van der Waals surface area contributed by atoms with Gasteiger partial charge in [-0.25, -0.2) is 15.0 Å². The molecule has 0 amide bonds. The van der Waals surface area contributed by atoms with Gasteiger partial charge < -0.3 is 20.5 Å². The van der Waals surface area contributed by atoms with E-state index < -0.39 is 0 Å². The molecule has 3 atom stereocenters. The SMILES string of the molecule is Nc1ncnc2c1ncn2[C@H]1SC[C@H](CO)[C@H]1CO. The number of nitrogens with zero attached hydrogens (tertiary/aromatic N) is 4. The Kier molecular flexibility index (Phi) is 3.29. The van der Waals surface area contributed by atoms with Gasteiger partial charge in [-0.15, -0.1) is 11.8 Å². The maximum Gasteiger partial charge on any atom is 0.166 e. The third-order valence-corrected chi connectivity index (χ3v) is 5.10. The van der Waals surface area contributed by atoms with Crippen molar-refractivity contribution in [3.05, 3.63) is 12.7 Å². The van der Waals surface area contributed by atoms with Crippen molar-refractivity contribution in [3.63, 3.8) is 0 Å². The van der Waals surface area contributed by atoms with Gasteiger partial charge in [0.15, 0.2) is 11.5 Å². The number of hydrogen-bond donors (Lipinski definition) is 3. The van der Waals surface area contributed by atoms with Crippen LogP contribution in [0.2, 0.25) is 0 Å². The van der Waals surface area contributed by atoms with Gasteiger partial charge in [-0.1, -0.05) is 0 Å². The predicted molar refractivity (Wildman–Crippen MR) is 72.4 cm³/mol. The van der Waals surface area contributed by atoms with Gasteiger partial charge >= 0.3 is 0 Å². The molecule has 4 N–H and O–H groups in total. The summed E-state index contributed by atoms with van der Waals surface area (Å²) < 4.78 is 1.91. The van der Waals surface area contributed by atoms with E-state index in [0.29, 0.717) is 17.0 Å². The molecular formula is C11H15N5O2S. The predicted octanol–water partition coefficient (Wildman–Crippen LogP) is -0.129. The molecule has 0 spiro atoms. The molecule has 0 radical (unpaired) electrons. The van der Waals surface area contributed by atoms with Gasteiger partial charge in [0.2, 0.25) is 0 Å². The fourth-order valence-corrected chi connectivity index (χ4v) is 4.14. The molecule has 0 unspecified atom stereocenters. The number of aliphatic hydroxyl groups is 2. The Morgan fingerprint density at radius 2 is 2.16 bits per heavy atom. The first-order valence-corrected chi connectivity index (χ1v) is 7.07. The minimum atomic E-state index is -0.0106. The van der Waals surface area contributed by atoms with Crippen molar-refractivity contribution in [1.29, 1.82) is 0 Å². The lowest BCUT2D eigenvalue weighted by Crippen LogP contribution is -2.24. The highest BCUT2D eigenvalue weighted by atomic mass is 32.2. The monoisotopic (exact) mass is 281 g/mol. The number of nitrogens with two attached hydrogens (primary N) is 1. The topological polar surface area (TPSA) is 110 Å². The number of aliphatic hydroxyl groups excluding tert-OH is 2. The number of rotatable bonds is 3. The van der Waals surface area contributed by atoms with Crippen LogP contribution in [0.4, 0.5) is 5.82 Å². The highest BCUT2D eigenvalue weighted by Gasteiger charge is 2.37. The van der Waals surface area contributed by atoms with Gasteiger partial charge in [0, 0.05) is 24.9 Å². The molecule has 0 saturated carbocycles.